The highest BCUT2D eigenvalue weighted by atomic mass is 32.1. The zero-order chi connectivity index (χ0) is 15.6. The van der Waals surface area contributed by atoms with E-state index in [-0.39, 0.29) is 0 Å². The molecule has 0 bridgehead atoms. The van der Waals surface area contributed by atoms with Gasteiger partial charge in [-0.3, -0.25) is 0 Å². The molecule has 0 aliphatic carbocycles. The number of aromatic nitrogens is 4. The van der Waals surface area contributed by atoms with Crippen LogP contribution in [-0.4, -0.2) is 26.9 Å². The van der Waals surface area contributed by atoms with Gasteiger partial charge < -0.3 is 9.15 Å². The topological polar surface area (TPSA) is 65.5 Å². The van der Waals surface area contributed by atoms with Gasteiger partial charge in [-0.2, -0.15) is 9.61 Å². The van der Waals surface area contributed by atoms with E-state index in [4.69, 9.17) is 9.15 Å². The Bertz CT molecular complexity index is 969. The van der Waals surface area contributed by atoms with E-state index >= 15 is 0 Å². The molecule has 114 valence electrons. The van der Waals surface area contributed by atoms with Gasteiger partial charge in [0.1, 0.15) is 10.8 Å². The summed E-state index contributed by atoms with van der Waals surface area (Å²) in [5, 5.41) is 13.6. The summed E-state index contributed by atoms with van der Waals surface area (Å²) in [7, 11) is 1.66. The Balaban J connectivity index is 1.69. The molecule has 3 aromatic heterocycles. The van der Waals surface area contributed by atoms with Gasteiger partial charge in [0.2, 0.25) is 10.8 Å². The molecule has 6 nitrogen and oxygen atoms in total. The van der Waals surface area contributed by atoms with Crippen molar-refractivity contribution in [2.45, 2.75) is 0 Å². The highest BCUT2D eigenvalue weighted by Crippen LogP contribution is 2.24. The SMILES string of the molecule is COc1ccccc1C=Cc1nn2c(-c3ccco3)nnc2s1. The molecule has 7 heteroatoms. The average Bonchev–Trinajstić information content (AvgIpc) is 3.29. The standard InChI is InChI=1S/C16H12N4O2S/c1-21-12-6-3-2-5-11(12)8-9-14-19-20-15(13-7-4-10-22-13)17-18-16(20)23-14/h2-10H,1H3. The summed E-state index contributed by atoms with van der Waals surface area (Å²) < 4.78 is 12.4. The zero-order valence-electron chi connectivity index (χ0n) is 12.2. The van der Waals surface area contributed by atoms with Gasteiger partial charge in [-0.25, -0.2) is 0 Å². The molecular weight excluding hydrogens is 312 g/mol. The normalized spacial score (nSPS) is 11.5. The molecule has 0 aliphatic heterocycles. The number of hydrogen-bond acceptors (Lipinski definition) is 6. The highest BCUT2D eigenvalue weighted by Gasteiger charge is 2.14. The molecule has 4 rings (SSSR count). The minimum absolute atomic E-state index is 0.596. The Morgan fingerprint density at radius 2 is 2.04 bits per heavy atom. The van der Waals surface area contributed by atoms with Crippen LogP contribution in [0.3, 0.4) is 0 Å². The van der Waals surface area contributed by atoms with E-state index in [9.17, 15) is 0 Å². The number of benzene rings is 1. The van der Waals surface area contributed by atoms with Gasteiger partial charge in [-0.05, 0) is 30.4 Å². The number of para-hydroxylation sites is 1. The van der Waals surface area contributed by atoms with E-state index in [1.807, 2.05) is 48.6 Å². The first-order valence-electron chi connectivity index (χ1n) is 6.92. The van der Waals surface area contributed by atoms with Crippen molar-refractivity contribution in [1.82, 2.24) is 19.8 Å². The van der Waals surface area contributed by atoms with Crippen molar-refractivity contribution in [2.75, 3.05) is 7.11 Å². The van der Waals surface area contributed by atoms with Crippen LogP contribution < -0.4 is 4.74 Å². The number of hydrogen-bond donors (Lipinski definition) is 0. The minimum atomic E-state index is 0.596. The average molecular weight is 324 g/mol. The summed E-state index contributed by atoms with van der Waals surface area (Å²) in [6.07, 6.45) is 5.51. The first kappa shape index (κ1) is 13.7. The Morgan fingerprint density at radius 3 is 2.87 bits per heavy atom. The lowest BCUT2D eigenvalue weighted by Gasteiger charge is -2.02. The first-order chi connectivity index (χ1) is 11.3. The van der Waals surface area contributed by atoms with Crippen molar-refractivity contribution in [3.63, 3.8) is 0 Å². The summed E-state index contributed by atoms with van der Waals surface area (Å²) in [5.74, 6) is 2.06. The molecule has 4 aromatic rings. The fraction of sp³-hybridized carbons (Fsp3) is 0.0625. The molecule has 23 heavy (non-hydrogen) atoms. The third-order valence-electron chi connectivity index (χ3n) is 3.29. The third-order valence-corrected chi connectivity index (χ3v) is 4.16. The van der Waals surface area contributed by atoms with Crippen LogP contribution in [0.25, 0.3) is 28.7 Å². The van der Waals surface area contributed by atoms with Crippen molar-refractivity contribution in [3.05, 3.63) is 53.2 Å². The number of methoxy groups -OCH3 is 1. The van der Waals surface area contributed by atoms with Crippen molar-refractivity contribution in [3.8, 4) is 17.3 Å². The van der Waals surface area contributed by atoms with Gasteiger partial charge in [0.15, 0.2) is 5.76 Å². The number of furan rings is 1. The summed E-state index contributed by atoms with van der Waals surface area (Å²) in [4.78, 5) is 0.719. The molecule has 0 N–H and O–H groups in total. The highest BCUT2D eigenvalue weighted by molar-refractivity contribution is 7.17. The second kappa shape index (κ2) is 5.69. The Labute approximate surface area is 135 Å². The zero-order valence-corrected chi connectivity index (χ0v) is 13.0. The Kier molecular flexibility index (Phi) is 3.39. The molecule has 1 aromatic carbocycles. The molecule has 3 heterocycles. The molecule has 0 spiro atoms. The van der Waals surface area contributed by atoms with E-state index in [0.717, 1.165) is 21.3 Å². The van der Waals surface area contributed by atoms with Crippen molar-refractivity contribution in [1.29, 1.82) is 0 Å². The van der Waals surface area contributed by atoms with E-state index < -0.39 is 0 Å². The predicted octanol–water partition coefficient (Wildman–Crippen LogP) is 3.62. The largest absolute Gasteiger partial charge is 0.496 e. The lowest BCUT2D eigenvalue weighted by Crippen LogP contribution is -1.89. The molecule has 0 atom stereocenters. The Hall–Kier alpha value is -2.93. The summed E-state index contributed by atoms with van der Waals surface area (Å²) in [6.45, 7) is 0. The Morgan fingerprint density at radius 1 is 1.13 bits per heavy atom. The van der Waals surface area contributed by atoms with Crippen LogP contribution in [0.2, 0.25) is 0 Å². The van der Waals surface area contributed by atoms with Gasteiger partial charge in [-0.15, -0.1) is 10.2 Å². The molecular formula is C16H12N4O2S. The maximum absolute atomic E-state index is 5.36. The maximum atomic E-state index is 5.36. The first-order valence-corrected chi connectivity index (χ1v) is 7.74. The molecule has 0 fully saturated rings. The molecule has 0 saturated heterocycles. The number of ether oxygens (including phenoxy) is 1. The van der Waals surface area contributed by atoms with Crippen LogP contribution in [0.15, 0.2) is 47.1 Å². The quantitative estimate of drug-likeness (QED) is 0.573. The van der Waals surface area contributed by atoms with Crippen LogP contribution in [0.4, 0.5) is 0 Å². The van der Waals surface area contributed by atoms with E-state index in [0.29, 0.717) is 11.6 Å². The van der Waals surface area contributed by atoms with Crippen LogP contribution in [0.5, 0.6) is 5.75 Å². The van der Waals surface area contributed by atoms with Crippen molar-refractivity contribution in [2.24, 2.45) is 0 Å². The molecule has 0 aliphatic rings. The minimum Gasteiger partial charge on any atom is -0.496 e. The number of rotatable bonds is 4. The predicted molar refractivity (Wildman–Crippen MR) is 88.3 cm³/mol. The monoisotopic (exact) mass is 324 g/mol. The van der Waals surface area contributed by atoms with Gasteiger partial charge >= 0.3 is 0 Å². The summed E-state index contributed by atoms with van der Waals surface area (Å²) in [5.41, 5.74) is 0.993. The van der Waals surface area contributed by atoms with Gasteiger partial charge in [0, 0.05) is 5.56 Å². The van der Waals surface area contributed by atoms with Crippen molar-refractivity contribution >= 4 is 28.4 Å². The second-order valence-electron chi connectivity index (χ2n) is 4.71. The van der Waals surface area contributed by atoms with Crippen LogP contribution >= 0.6 is 11.3 Å². The molecule has 0 unspecified atom stereocenters. The fourth-order valence-corrected chi connectivity index (χ4v) is 2.96. The van der Waals surface area contributed by atoms with E-state index in [1.165, 1.54) is 11.3 Å². The lowest BCUT2D eigenvalue weighted by molar-refractivity contribution is 0.414. The lowest BCUT2D eigenvalue weighted by atomic mass is 10.2. The van der Waals surface area contributed by atoms with Gasteiger partial charge in [0.25, 0.3) is 0 Å². The van der Waals surface area contributed by atoms with Crippen LogP contribution in [0, 0.1) is 0 Å². The van der Waals surface area contributed by atoms with Crippen LogP contribution in [-0.2, 0) is 0 Å². The molecule has 0 amide bonds. The van der Waals surface area contributed by atoms with E-state index in [1.54, 1.807) is 17.9 Å². The second-order valence-corrected chi connectivity index (χ2v) is 5.70. The summed E-state index contributed by atoms with van der Waals surface area (Å²) in [6, 6.07) is 11.5. The molecule has 0 saturated carbocycles. The van der Waals surface area contributed by atoms with Crippen LogP contribution in [0.1, 0.15) is 10.6 Å². The van der Waals surface area contributed by atoms with E-state index in [2.05, 4.69) is 15.3 Å². The fourth-order valence-electron chi connectivity index (χ4n) is 2.22. The number of fused-ring (bicyclic) bond motifs is 1. The molecule has 0 radical (unpaired) electrons. The maximum Gasteiger partial charge on any atom is 0.235 e. The third kappa shape index (κ3) is 2.51. The van der Waals surface area contributed by atoms with Gasteiger partial charge in [-0.1, -0.05) is 29.5 Å². The van der Waals surface area contributed by atoms with Gasteiger partial charge in [0.05, 0.1) is 13.4 Å². The summed E-state index contributed by atoms with van der Waals surface area (Å²) >= 11 is 1.46. The smallest absolute Gasteiger partial charge is 0.235 e. The van der Waals surface area contributed by atoms with Crippen molar-refractivity contribution < 1.29 is 9.15 Å². The number of nitrogens with zero attached hydrogens (tertiary/aromatic N) is 4.